The lowest BCUT2D eigenvalue weighted by Gasteiger charge is -2.37. The molecule has 1 unspecified atom stereocenters. The van der Waals surface area contributed by atoms with Gasteiger partial charge in [0.2, 0.25) is 5.91 Å². The van der Waals surface area contributed by atoms with Crippen molar-refractivity contribution in [3.8, 4) is 0 Å². The second-order valence-electron chi connectivity index (χ2n) is 8.15. The van der Waals surface area contributed by atoms with Crippen molar-refractivity contribution in [3.63, 3.8) is 0 Å². The number of benzene rings is 2. The Kier molecular flexibility index (Phi) is 8.26. The molecule has 0 radical (unpaired) electrons. The van der Waals surface area contributed by atoms with E-state index in [1.807, 2.05) is 61.8 Å². The first-order valence-electron chi connectivity index (χ1n) is 11.3. The molecule has 1 fully saturated rings. The number of halogens is 1. The fourth-order valence-corrected chi connectivity index (χ4v) is 4.90. The number of para-hydroxylation sites is 2. The van der Waals surface area contributed by atoms with Crippen LogP contribution >= 0.6 is 23.4 Å². The summed E-state index contributed by atoms with van der Waals surface area (Å²) in [6.07, 6.45) is 4.75. The SMILES string of the molecule is CC(Sc1ccc(Cl)cc1)C(=O)Nc1ccccc1N1CCN(CCc2ccncc2)CC1. The molecule has 1 N–H and O–H groups in total. The third-order valence-corrected chi connectivity index (χ3v) is 7.20. The van der Waals surface area contributed by atoms with E-state index >= 15 is 0 Å². The average molecular weight is 481 g/mol. The summed E-state index contributed by atoms with van der Waals surface area (Å²) < 4.78 is 0. The number of hydrogen-bond acceptors (Lipinski definition) is 5. The highest BCUT2D eigenvalue weighted by atomic mass is 35.5. The number of hydrogen-bond donors (Lipinski definition) is 1. The summed E-state index contributed by atoms with van der Waals surface area (Å²) in [4.78, 5) is 22.9. The van der Waals surface area contributed by atoms with Crippen LogP contribution in [-0.4, -0.2) is 53.8 Å². The average Bonchev–Trinajstić information content (AvgIpc) is 2.85. The molecule has 1 saturated heterocycles. The zero-order valence-corrected chi connectivity index (χ0v) is 20.4. The summed E-state index contributed by atoms with van der Waals surface area (Å²) in [5.41, 5.74) is 3.28. The molecule has 3 aromatic rings. The van der Waals surface area contributed by atoms with Gasteiger partial charge >= 0.3 is 0 Å². The summed E-state index contributed by atoms with van der Waals surface area (Å²) in [5.74, 6) is -0.00149. The predicted octanol–water partition coefficient (Wildman–Crippen LogP) is 5.22. The molecule has 0 spiro atoms. The van der Waals surface area contributed by atoms with Crippen LogP contribution in [0.25, 0.3) is 0 Å². The maximum atomic E-state index is 12.9. The van der Waals surface area contributed by atoms with Crippen molar-refractivity contribution in [1.29, 1.82) is 0 Å². The number of pyridine rings is 1. The Balaban J connectivity index is 1.31. The molecule has 2 aromatic carbocycles. The van der Waals surface area contributed by atoms with Gasteiger partial charge in [0, 0.05) is 55.0 Å². The van der Waals surface area contributed by atoms with Gasteiger partial charge in [0.05, 0.1) is 16.6 Å². The van der Waals surface area contributed by atoms with Gasteiger partial charge in [-0.05, 0) is 67.4 Å². The molecular formula is C26H29ClN4OS. The summed E-state index contributed by atoms with van der Waals surface area (Å²) >= 11 is 7.50. The molecule has 0 saturated carbocycles. The molecule has 1 atom stereocenters. The highest BCUT2D eigenvalue weighted by Gasteiger charge is 2.21. The third-order valence-electron chi connectivity index (χ3n) is 5.84. The van der Waals surface area contributed by atoms with E-state index in [-0.39, 0.29) is 11.2 Å². The normalized spacial score (nSPS) is 15.3. The monoisotopic (exact) mass is 480 g/mol. The Labute approximate surface area is 205 Å². The van der Waals surface area contributed by atoms with Crippen molar-refractivity contribution in [3.05, 3.63) is 83.6 Å². The maximum Gasteiger partial charge on any atom is 0.237 e. The van der Waals surface area contributed by atoms with Crippen LogP contribution in [0.3, 0.4) is 0 Å². The van der Waals surface area contributed by atoms with Crippen molar-refractivity contribution in [1.82, 2.24) is 9.88 Å². The first kappa shape index (κ1) is 23.6. The summed E-state index contributed by atoms with van der Waals surface area (Å²) in [5, 5.41) is 3.63. The van der Waals surface area contributed by atoms with Gasteiger partial charge in [-0.15, -0.1) is 11.8 Å². The molecule has 1 aliphatic rings. The number of aromatic nitrogens is 1. The van der Waals surface area contributed by atoms with E-state index in [4.69, 9.17) is 11.6 Å². The number of rotatable bonds is 8. The molecule has 172 valence electrons. The van der Waals surface area contributed by atoms with E-state index < -0.39 is 0 Å². The van der Waals surface area contributed by atoms with Gasteiger partial charge in [-0.25, -0.2) is 0 Å². The van der Waals surface area contributed by atoms with Crippen LogP contribution in [0.2, 0.25) is 5.02 Å². The van der Waals surface area contributed by atoms with Gasteiger partial charge < -0.3 is 10.2 Å². The summed E-state index contributed by atoms with van der Waals surface area (Å²) in [6.45, 7) is 6.89. The number of amides is 1. The molecule has 7 heteroatoms. The lowest BCUT2D eigenvalue weighted by Crippen LogP contribution is -2.47. The van der Waals surface area contributed by atoms with Crippen LogP contribution in [0.1, 0.15) is 12.5 Å². The highest BCUT2D eigenvalue weighted by molar-refractivity contribution is 8.00. The van der Waals surface area contributed by atoms with E-state index in [1.54, 1.807) is 0 Å². The number of piperazine rings is 1. The topological polar surface area (TPSA) is 48.5 Å². The smallest absolute Gasteiger partial charge is 0.237 e. The molecular weight excluding hydrogens is 452 g/mol. The van der Waals surface area contributed by atoms with Crippen LogP contribution in [0, 0.1) is 0 Å². The second kappa shape index (κ2) is 11.5. The van der Waals surface area contributed by atoms with Crippen molar-refractivity contribution in [2.75, 3.05) is 42.9 Å². The zero-order chi connectivity index (χ0) is 23.0. The van der Waals surface area contributed by atoms with Gasteiger partial charge in [-0.2, -0.15) is 0 Å². The van der Waals surface area contributed by atoms with Gasteiger partial charge in [-0.3, -0.25) is 14.7 Å². The molecule has 0 bridgehead atoms. The van der Waals surface area contributed by atoms with Crippen molar-refractivity contribution < 1.29 is 4.79 Å². The van der Waals surface area contributed by atoms with Crippen LogP contribution in [-0.2, 0) is 11.2 Å². The number of nitrogens with zero attached hydrogens (tertiary/aromatic N) is 3. The first-order valence-corrected chi connectivity index (χ1v) is 12.5. The Bertz CT molecular complexity index is 1040. The van der Waals surface area contributed by atoms with E-state index in [2.05, 4.69) is 38.3 Å². The number of anilines is 2. The molecule has 1 aromatic heterocycles. The molecule has 0 aliphatic carbocycles. The molecule has 1 aliphatic heterocycles. The van der Waals surface area contributed by atoms with Crippen molar-refractivity contribution in [2.24, 2.45) is 0 Å². The van der Waals surface area contributed by atoms with Crippen molar-refractivity contribution >= 4 is 40.6 Å². The lowest BCUT2D eigenvalue weighted by atomic mass is 10.1. The quantitative estimate of drug-likeness (QED) is 0.448. The number of nitrogens with one attached hydrogen (secondary N) is 1. The van der Waals surface area contributed by atoms with E-state index in [0.29, 0.717) is 5.02 Å². The van der Waals surface area contributed by atoms with E-state index in [9.17, 15) is 4.79 Å². The van der Waals surface area contributed by atoms with E-state index in [0.717, 1.165) is 55.4 Å². The van der Waals surface area contributed by atoms with Crippen LogP contribution in [0.4, 0.5) is 11.4 Å². The van der Waals surface area contributed by atoms with Crippen LogP contribution in [0.15, 0.2) is 78.0 Å². The largest absolute Gasteiger partial charge is 0.367 e. The third kappa shape index (κ3) is 6.73. The van der Waals surface area contributed by atoms with Gasteiger partial charge in [0.25, 0.3) is 0 Å². The number of carbonyl (C=O) groups is 1. The molecule has 5 nitrogen and oxygen atoms in total. The lowest BCUT2D eigenvalue weighted by molar-refractivity contribution is -0.115. The second-order valence-corrected chi connectivity index (χ2v) is 10.0. The fraction of sp³-hybridized carbons (Fsp3) is 0.308. The van der Waals surface area contributed by atoms with Crippen LogP contribution in [0.5, 0.6) is 0 Å². The first-order chi connectivity index (χ1) is 16.1. The summed E-state index contributed by atoms with van der Waals surface area (Å²) in [6, 6.07) is 19.8. The molecule has 1 amide bonds. The predicted molar refractivity (Wildman–Crippen MR) is 138 cm³/mol. The van der Waals surface area contributed by atoms with Crippen LogP contribution < -0.4 is 10.2 Å². The van der Waals surface area contributed by atoms with E-state index in [1.165, 1.54) is 17.3 Å². The Morgan fingerprint density at radius 2 is 1.73 bits per heavy atom. The van der Waals surface area contributed by atoms with Crippen molar-refractivity contribution in [2.45, 2.75) is 23.5 Å². The fourth-order valence-electron chi connectivity index (χ4n) is 3.91. The number of carbonyl (C=O) groups excluding carboxylic acids is 1. The minimum atomic E-state index is -0.218. The Morgan fingerprint density at radius 1 is 1.03 bits per heavy atom. The van der Waals surface area contributed by atoms with Gasteiger partial charge in [0.15, 0.2) is 0 Å². The minimum Gasteiger partial charge on any atom is -0.367 e. The van der Waals surface area contributed by atoms with Gasteiger partial charge in [-0.1, -0.05) is 23.7 Å². The highest BCUT2D eigenvalue weighted by Crippen LogP contribution is 2.29. The van der Waals surface area contributed by atoms with Gasteiger partial charge in [0.1, 0.15) is 0 Å². The Morgan fingerprint density at radius 3 is 2.45 bits per heavy atom. The minimum absolute atomic E-state index is 0.00149. The zero-order valence-electron chi connectivity index (χ0n) is 18.8. The summed E-state index contributed by atoms with van der Waals surface area (Å²) in [7, 11) is 0. The number of thioether (sulfide) groups is 1. The Hall–Kier alpha value is -2.54. The standard InChI is InChI=1S/C26H29ClN4OS/c1-20(33-23-8-6-22(27)7-9-23)26(32)29-24-4-2-3-5-25(24)31-18-16-30(17-19-31)15-12-21-10-13-28-14-11-21/h2-11,13-14,20H,12,15-19H2,1H3,(H,29,32). The maximum absolute atomic E-state index is 12.9. The molecule has 4 rings (SSSR count). The molecule has 2 heterocycles. The molecule has 33 heavy (non-hydrogen) atoms.